The topological polar surface area (TPSA) is 85.3 Å². The molecule has 0 aliphatic carbocycles. The van der Waals surface area contributed by atoms with Crippen molar-refractivity contribution in [3.63, 3.8) is 0 Å². The summed E-state index contributed by atoms with van der Waals surface area (Å²) in [7, 11) is 0. The summed E-state index contributed by atoms with van der Waals surface area (Å²) in [6.07, 6.45) is 13.5. The molecule has 0 saturated heterocycles. The van der Waals surface area contributed by atoms with E-state index >= 15 is 0 Å². The van der Waals surface area contributed by atoms with Gasteiger partial charge in [-0.2, -0.15) is 0 Å². The average molecular weight is 325 g/mol. The van der Waals surface area contributed by atoms with Crippen LogP contribution in [0.15, 0.2) is 35.6 Å². The van der Waals surface area contributed by atoms with Gasteiger partial charge in [-0.1, -0.05) is 12.5 Å². The number of carbonyl (C=O) groups excluding carboxylic acids is 1. The molecule has 6 heteroatoms. The number of dihydropyridines is 1. The molecule has 1 amide bonds. The van der Waals surface area contributed by atoms with Crippen LogP contribution in [0.4, 0.5) is 0 Å². The van der Waals surface area contributed by atoms with Crippen molar-refractivity contribution < 1.29 is 4.79 Å². The summed E-state index contributed by atoms with van der Waals surface area (Å²) >= 11 is 0. The van der Waals surface area contributed by atoms with Crippen LogP contribution in [0.1, 0.15) is 31.2 Å². The third-order valence-electron chi connectivity index (χ3n) is 4.20. The first-order chi connectivity index (χ1) is 11.8. The molecule has 3 N–H and O–H groups in total. The smallest absolute Gasteiger partial charge is 0.207 e. The van der Waals surface area contributed by atoms with Gasteiger partial charge in [0.1, 0.15) is 11.8 Å². The Morgan fingerprint density at radius 1 is 1.38 bits per heavy atom. The predicted octanol–water partition coefficient (Wildman–Crippen LogP) is 2.10. The molecule has 126 valence electrons. The first kappa shape index (κ1) is 16.4. The Balaban J connectivity index is 1.63. The highest BCUT2D eigenvalue weighted by Crippen LogP contribution is 2.21. The normalized spacial score (nSPS) is 17.0. The second-order valence-corrected chi connectivity index (χ2v) is 6.03. The lowest BCUT2D eigenvalue weighted by Crippen LogP contribution is -2.19. The van der Waals surface area contributed by atoms with Crippen molar-refractivity contribution in [2.75, 3.05) is 6.54 Å². The van der Waals surface area contributed by atoms with Gasteiger partial charge in [0.15, 0.2) is 0 Å². The van der Waals surface area contributed by atoms with Crippen molar-refractivity contribution in [1.29, 1.82) is 0 Å². The van der Waals surface area contributed by atoms with Gasteiger partial charge in [-0.05, 0) is 37.0 Å². The van der Waals surface area contributed by atoms with Crippen LogP contribution < -0.4 is 11.1 Å². The summed E-state index contributed by atoms with van der Waals surface area (Å²) in [4.78, 5) is 19.1. The minimum absolute atomic E-state index is 0.128. The summed E-state index contributed by atoms with van der Waals surface area (Å²) in [5.41, 5.74) is 9.00. The molecule has 0 bridgehead atoms. The monoisotopic (exact) mass is 325 g/mol. The number of hydrogen-bond donors (Lipinski definition) is 2. The van der Waals surface area contributed by atoms with Crippen LogP contribution in [0.5, 0.6) is 0 Å². The lowest BCUT2D eigenvalue weighted by atomic mass is 10.1. The molecular formula is C18H23N5O. The van der Waals surface area contributed by atoms with Crippen LogP contribution in [0, 0.1) is 0 Å². The number of unbranched alkanes of at least 4 members (excludes halogenated alkanes) is 2. The first-order valence-electron chi connectivity index (χ1n) is 8.40. The van der Waals surface area contributed by atoms with E-state index in [0.717, 1.165) is 61.8 Å². The van der Waals surface area contributed by atoms with E-state index in [0.29, 0.717) is 0 Å². The molecule has 0 fully saturated rings. The number of amides is 1. The standard InChI is InChI=1S/C18H23N5O/c19-17-6-5-16(12-21-17)23-9-7-15-10-14(11-22-18(15)23)4-2-1-3-8-20-13-24/h5,7,9-13,17H,1-4,6,8,19H2,(H,20,24). The lowest BCUT2D eigenvalue weighted by molar-refractivity contribution is -0.109. The van der Waals surface area contributed by atoms with Crippen LogP contribution in [-0.4, -0.2) is 34.9 Å². The van der Waals surface area contributed by atoms with Crippen LogP contribution in [-0.2, 0) is 11.2 Å². The number of hydrogen-bond acceptors (Lipinski definition) is 4. The minimum Gasteiger partial charge on any atom is -0.359 e. The Morgan fingerprint density at radius 2 is 2.29 bits per heavy atom. The van der Waals surface area contributed by atoms with Crippen molar-refractivity contribution in [2.24, 2.45) is 10.7 Å². The molecule has 0 saturated carbocycles. The Bertz CT molecular complexity index is 762. The Morgan fingerprint density at radius 3 is 3.08 bits per heavy atom. The number of aromatic nitrogens is 2. The molecule has 3 rings (SSSR count). The summed E-state index contributed by atoms with van der Waals surface area (Å²) in [5.74, 6) is 0. The second kappa shape index (κ2) is 7.88. The number of fused-ring (bicyclic) bond motifs is 1. The van der Waals surface area contributed by atoms with Gasteiger partial charge in [0.25, 0.3) is 0 Å². The zero-order valence-corrected chi connectivity index (χ0v) is 13.7. The van der Waals surface area contributed by atoms with Crippen LogP contribution in [0.3, 0.4) is 0 Å². The first-order valence-corrected chi connectivity index (χ1v) is 8.40. The van der Waals surface area contributed by atoms with E-state index in [1.54, 1.807) is 0 Å². The van der Waals surface area contributed by atoms with E-state index in [9.17, 15) is 4.79 Å². The number of nitrogens with two attached hydrogens (primary N) is 1. The number of carbonyl (C=O) groups is 1. The molecule has 2 aromatic heterocycles. The second-order valence-electron chi connectivity index (χ2n) is 6.03. The molecular weight excluding hydrogens is 302 g/mol. The van der Waals surface area contributed by atoms with Crippen LogP contribution >= 0.6 is 0 Å². The van der Waals surface area contributed by atoms with E-state index in [2.05, 4.69) is 38.1 Å². The van der Waals surface area contributed by atoms with E-state index in [1.165, 1.54) is 5.56 Å². The van der Waals surface area contributed by atoms with Crippen molar-refractivity contribution in [3.8, 4) is 0 Å². The number of nitrogens with zero attached hydrogens (tertiary/aromatic N) is 3. The third-order valence-corrected chi connectivity index (χ3v) is 4.20. The van der Waals surface area contributed by atoms with Gasteiger partial charge in [-0.15, -0.1) is 0 Å². The molecule has 24 heavy (non-hydrogen) atoms. The molecule has 3 heterocycles. The van der Waals surface area contributed by atoms with E-state index in [1.807, 2.05) is 18.6 Å². The predicted molar refractivity (Wildman–Crippen MR) is 96.7 cm³/mol. The Labute approximate surface area is 141 Å². The maximum atomic E-state index is 10.2. The zero-order valence-electron chi connectivity index (χ0n) is 13.7. The summed E-state index contributed by atoms with van der Waals surface area (Å²) in [6, 6.07) is 4.29. The van der Waals surface area contributed by atoms with Gasteiger partial charge in [0, 0.05) is 37.0 Å². The van der Waals surface area contributed by atoms with Crippen LogP contribution in [0.2, 0.25) is 0 Å². The van der Waals surface area contributed by atoms with Gasteiger partial charge < -0.3 is 15.6 Å². The largest absolute Gasteiger partial charge is 0.359 e. The maximum absolute atomic E-state index is 10.2. The molecule has 2 aromatic rings. The number of aryl methyl sites for hydroxylation is 1. The molecule has 1 atom stereocenters. The molecule has 6 nitrogen and oxygen atoms in total. The van der Waals surface area contributed by atoms with Crippen molar-refractivity contribution in [3.05, 3.63) is 36.2 Å². The van der Waals surface area contributed by atoms with E-state index < -0.39 is 0 Å². The molecule has 0 aromatic carbocycles. The quantitative estimate of drug-likeness (QED) is 0.576. The summed E-state index contributed by atoms with van der Waals surface area (Å²) < 4.78 is 2.06. The highest BCUT2D eigenvalue weighted by molar-refractivity contribution is 6.05. The molecule has 1 aliphatic rings. The maximum Gasteiger partial charge on any atom is 0.207 e. The number of pyridine rings is 1. The number of allylic oxidation sites excluding steroid dienone is 1. The fourth-order valence-corrected chi connectivity index (χ4v) is 2.89. The molecule has 1 aliphatic heterocycles. The van der Waals surface area contributed by atoms with Crippen molar-refractivity contribution >= 4 is 29.4 Å². The number of nitrogens with one attached hydrogen (secondary N) is 1. The van der Waals surface area contributed by atoms with Gasteiger partial charge >= 0.3 is 0 Å². The molecule has 0 radical (unpaired) electrons. The zero-order chi connectivity index (χ0) is 16.8. The summed E-state index contributed by atoms with van der Waals surface area (Å²) in [6.45, 7) is 0.754. The van der Waals surface area contributed by atoms with Gasteiger partial charge in [0.2, 0.25) is 6.41 Å². The SMILES string of the molecule is NC1CC=C(n2ccc3cc(CCCCCNC=O)cnc32)C=N1. The van der Waals surface area contributed by atoms with Gasteiger partial charge in [0.05, 0.1) is 5.70 Å². The average Bonchev–Trinajstić information content (AvgIpc) is 3.02. The number of rotatable bonds is 8. The fraction of sp³-hybridized carbons (Fsp3) is 0.389. The lowest BCUT2D eigenvalue weighted by Gasteiger charge is -2.13. The van der Waals surface area contributed by atoms with Crippen molar-refractivity contribution in [1.82, 2.24) is 14.9 Å². The van der Waals surface area contributed by atoms with E-state index in [4.69, 9.17) is 5.73 Å². The van der Waals surface area contributed by atoms with Gasteiger partial charge in [-0.25, -0.2) is 4.98 Å². The molecule has 0 spiro atoms. The molecule has 1 unspecified atom stereocenters. The third kappa shape index (κ3) is 3.89. The Hall–Kier alpha value is -2.47. The highest BCUT2D eigenvalue weighted by Gasteiger charge is 2.10. The fourth-order valence-electron chi connectivity index (χ4n) is 2.89. The Kier molecular flexibility index (Phi) is 5.38. The van der Waals surface area contributed by atoms with Gasteiger partial charge in [-0.3, -0.25) is 9.79 Å². The van der Waals surface area contributed by atoms with Crippen molar-refractivity contribution in [2.45, 2.75) is 38.3 Å². The van der Waals surface area contributed by atoms with E-state index in [-0.39, 0.29) is 6.17 Å². The number of aliphatic imine (C=N–C) groups is 1. The van der Waals surface area contributed by atoms with Crippen LogP contribution in [0.25, 0.3) is 16.7 Å². The highest BCUT2D eigenvalue weighted by atomic mass is 16.1. The minimum atomic E-state index is -0.128. The summed E-state index contributed by atoms with van der Waals surface area (Å²) in [5, 5.41) is 3.83.